The van der Waals surface area contributed by atoms with Crippen molar-refractivity contribution in [2.24, 2.45) is 5.92 Å². The lowest BCUT2D eigenvalue weighted by atomic mass is 9.79. The molecule has 0 saturated heterocycles. The largest absolute Gasteiger partial charge is 0.506 e. The molecule has 0 aliphatic heterocycles. The molecule has 5 heteroatoms. The van der Waals surface area contributed by atoms with E-state index in [4.69, 9.17) is 5.73 Å². The van der Waals surface area contributed by atoms with Gasteiger partial charge in [0.25, 0.3) is 5.91 Å². The number of nitrogens with two attached hydrogens (primary N) is 1. The highest BCUT2D eigenvalue weighted by Gasteiger charge is 2.32. The molecule has 0 radical (unpaired) electrons. The average Bonchev–Trinajstić information content (AvgIpc) is 2.39. The first-order valence-electron chi connectivity index (χ1n) is 6.99. The van der Waals surface area contributed by atoms with Crippen molar-refractivity contribution in [1.82, 2.24) is 5.32 Å². The molecule has 1 aliphatic rings. The van der Waals surface area contributed by atoms with Gasteiger partial charge in [0.05, 0.1) is 11.3 Å². The summed E-state index contributed by atoms with van der Waals surface area (Å²) in [4.78, 5) is 12.0. The first-order chi connectivity index (χ1) is 9.39. The van der Waals surface area contributed by atoms with Gasteiger partial charge >= 0.3 is 0 Å². The van der Waals surface area contributed by atoms with Gasteiger partial charge < -0.3 is 21.3 Å². The zero-order valence-corrected chi connectivity index (χ0v) is 11.7. The lowest BCUT2D eigenvalue weighted by Gasteiger charge is -2.35. The van der Waals surface area contributed by atoms with Crippen molar-refractivity contribution in [2.75, 3.05) is 12.3 Å². The summed E-state index contributed by atoms with van der Waals surface area (Å²) >= 11 is 0. The van der Waals surface area contributed by atoms with Crippen LogP contribution in [0.15, 0.2) is 18.2 Å². The summed E-state index contributed by atoms with van der Waals surface area (Å²) in [5.74, 6) is 0.0563. The molecule has 5 N–H and O–H groups in total. The van der Waals surface area contributed by atoms with E-state index in [-0.39, 0.29) is 23.9 Å². The van der Waals surface area contributed by atoms with Crippen LogP contribution in [0.2, 0.25) is 0 Å². The summed E-state index contributed by atoms with van der Waals surface area (Å²) in [5.41, 5.74) is 5.25. The number of phenolic OH excluding ortho intramolecular Hbond substituents is 1. The van der Waals surface area contributed by atoms with Crippen molar-refractivity contribution in [3.63, 3.8) is 0 Å². The van der Waals surface area contributed by atoms with Gasteiger partial charge in [-0.05, 0) is 37.0 Å². The normalized spacial score (nSPS) is 26.2. The third-order valence-corrected chi connectivity index (χ3v) is 3.94. The third-order valence-electron chi connectivity index (χ3n) is 3.94. The summed E-state index contributed by atoms with van der Waals surface area (Å²) in [6, 6.07) is 4.37. The second-order valence-corrected chi connectivity index (χ2v) is 5.88. The Morgan fingerprint density at radius 3 is 2.95 bits per heavy atom. The van der Waals surface area contributed by atoms with E-state index >= 15 is 0 Å². The number of anilines is 1. The zero-order valence-electron chi connectivity index (χ0n) is 11.7. The molecule has 2 atom stereocenters. The summed E-state index contributed by atoms with van der Waals surface area (Å²) in [5, 5.41) is 22.7. The SMILES string of the molecule is CC1CCCC(O)(CNC(=O)c2ccc(N)c(O)c2)C1. The lowest BCUT2D eigenvalue weighted by Crippen LogP contribution is -2.45. The molecule has 20 heavy (non-hydrogen) atoms. The predicted molar refractivity (Wildman–Crippen MR) is 77.4 cm³/mol. The molecule has 0 heterocycles. The highest BCUT2D eigenvalue weighted by molar-refractivity contribution is 5.95. The van der Waals surface area contributed by atoms with E-state index in [9.17, 15) is 15.0 Å². The van der Waals surface area contributed by atoms with Gasteiger partial charge in [-0.2, -0.15) is 0 Å². The molecule has 110 valence electrons. The molecule has 1 amide bonds. The standard InChI is InChI=1S/C15H22N2O3/c1-10-3-2-6-15(20,8-10)9-17-14(19)11-4-5-12(16)13(18)7-11/h4-5,7,10,18,20H,2-3,6,8-9,16H2,1H3,(H,17,19). The van der Waals surface area contributed by atoms with Gasteiger partial charge in [0.2, 0.25) is 0 Å². The fourth-order valence-electron chi connectivity index (χ4n) is 2.82. The Labute approximate surface area is 118 Å². The van der Waals surface area contributed by atoms with Crippen LogP contribution in [0.1, 0.15) is 43.0 Å². The molecule has 1 aliphatic carbocycles. The summed E-state index contributed by atoms with van der Waals surface area (Å²) in [6.07, 6.45) is 3.53. The van der Waals surface area contributed by atoms with Crippen molar-refractivity contribution >= 4 is 11.6 Å². The van der Waals surface area contributed by atoms with Crippen LogP contribution in [-0.2, 0) is 0 Å². The van der Waals surface area contributed by atoms with Crippen LogP contribution in [0.4, 0.5) is 5.69 Å². The maximum absolute atomic E-state index is 12.0. The van der Waals surface area contributed by atoms with E-state index in [2.05, 4.69) is 12.2 Å². The Morgan fingerprint density at radius 2 is 2.30 bits per heavy atom. The number of hydrogen-bond acceptors (Lipinski definition) is 4. The zero-order chi connectivity index (χ0) is 14.8. The number of carbonyl (C=O) groups excluding carboxylic acids is 1. The summed E-state index contributed by atoms with van der Waals surface area (Å²) in [7, 11) is 0. The fraction of sp³-hybridized carbons (Fsp3) is 0.533. The minimum absolute atomic E-state index is 0.109. The Bertz CT molecular complexity index is 504. The molecule has 2 rings (SSSR count). The van der Waals surface area contributed by atoms with Crippen LogP contribution in [0, 0.1) is 5.92 Å². The van der Waals surface area contributed by atoms with Crippen LogP contribution in [-0.4, -0.2) is 28.3 Å². The predicted octanol–water partition coefficient (Wildman–Crippen LogP) is 1.65. The molecular formula is C15H22N2O3. The molecule has 2 unspecified atom stereocenters. The quantitative estimate of drug-likeness (QED) is 0.499. The van der Waals surface area contributed by atoms with E-state index < -0.39 is 5.60 Å². The van der Waals surface area contributed by atoms with Crippen LogP contribution in [0.3, 0.4) is 0 Å². The Balaban J connectivity index is 1.96. The van der Waals surface area contributed by atoms with Gasteiger partial charge in [-0.1, -0.05) is 19.8 Å². The number of aromatic hydroxyl groups is 1. The molecule has 5 nitrogen and oxygen atoms in total. The second kappa shape index (κ2) is 5.71. The minimum Gasteiger partial charge on any atom is -0.506 e. The molecule has 0 aromatic heterocycles. The number of carbonyl (C=O) groups is 1. The van der Waals surface area contributed by atoms with Crippen molar-refractivity contribution in [2.45, 2.75) is 38.2 Å². The van der Waals surface area contributed by atoms with Crippen LogP contribution < -0.4 is 11.1 Å². The van der Waals surface area contributed by atoms with Crippen LogP contribution in [0.5, 0.6) is 5.75 Å². The van der Waals surface area contributed by atoms with E-state index in [1.165, 1.54) is 12.1 Å². The molecule has 0 bridgehead atoms. The Hall–Kier alpha value is -1.75. The maximum atomic E-state index is 12.0. The van der Waals surface area contributed by atoms with Crippen molar-refractivity contribution in [3.8, 4) is 5.75 Å². The van der Waals surface area contributed by atoms with Gasteiger partial charge in [-0.15, -0.1) is 0 Å². The highest BCUT2D eigenvalue weighted by atomic mass is 16.3. The van der Waals surface area contributed by atoms with Crippen LogP contribution in [0.25, 0.3) is 0 Å². The monoisotopic (exact) mass is 278 g/mol. The molecule has 1 aromatic carbocycles. The van der Waals surface area contributed by atoms with Gasteiger partial charge in [0.1, 0.15) is 5.75 Å². The minimum atomic E-state index is -0.816. The smallest absolute Gasteiger partial charge is 0.251 e. The van der Waals surface area contributed by atoms with Crippen molar-refractivity contribution < 1.29 is 15.0 Å². The second-order valence-electron chi connectivity index (χ2n) is 5.88. The molecule has 1 saturated carbocycles. The van der Waals surface area contributed by atoms with E-state index in [0.717, 1.165) is 12.8 Å². The van der Waals surface area contributed by atoms with E-state index in [0.29, 0.717) is 24.3 Å². The molecular weight excluding hydrogens is 256 g/mol. The topological polar surface area (TPSA) is 95.6 Å². The van der Waals surface area contributed by atoms with Crippen molar-refractivity contribution in [3.05, 3.63) is 23.8 Å². The maximum Gasteiger partial charge on any atom is 0.251 e. The fourth-order valence-corrected chi connectivity index (χ4v) is 2.82. The molecule has 0 spiro atoms. The molecule has 1 fully saturated rings. The number of amides is 1. The van der Waals surface area contributed by atoms with Gasteiger partial charge in [-0.25, -0.2) is 0 Å². The van der Waals surface area contributed by atoms with Crippen LogP contribution >= 0.6 is 0 Å². The summed E-state index contributed by atoms with van der Waals surface area (Å²) < 4.78 is 0. The van der Waals surface area contributed by atoms with Gasteiger partial charge in [-0.3, -0.25) is 4.79 Å². The van der Waals surface area contributed by atoms with Gasteiger partial charge in [0.15, 0.2) is 0 Å². The van der Waals surface area contributed by atoms with Crippen molar-refractivity contribution in [1.29, 1.82) is 0 Å². The Morgan fingerprint density at radius 1 is 1.55 bits per heavy atom. The average molecular weight is 278 g/mol. The number of nitrogen functional groups attached to an aromatic ring is 1. The number of phenols is 1. The first kappa shape index (κ1) is 14.7. The number of rotatable bonds is 3. The number of hydrogen-bond donors (Lipinski definition) is 4. The van der Waals surface area contributed by atoms with Gasteiger partial charge in [0, 0.05) is 12.1 Å². The molecule has 1 aromatic rings. The van der Waals surface area contributed by atoms with E-state index in [1.807, 2.05) is 0 Å². The Kier molecular flexibility index (Phi) is 4.18. The number of nitrogens with one attached hydrogen (secondary N) is 1. The summed E-state index contributed by atoms with van der Waals surface area (Å²) in [6.45, 7) is 2.35. The lowest BCUT2D eigenvalue weighted by molar-refractivity contribution is -0.0109. The number of benzene rings is 1. The highest BCUT2D eigenvalue weighted by Crippen LogP contribution is 2.31. The van der Waals surface area contributed by atoms with E-state index in [1.54, 1.807) is 6.07 Å². The first-order valence-corrected chi connectivity index (χ1v) is 6.99. The third kappa shape index (κ3) is 3.42. The number of aliphatic hydroxyl groups is 1.